The Morgan fingerprint density at radius 3 is 2.23 bits per heavy atom. The topological polar surface area (TPSA) is 37.4 Å². The molecule has 1 saturated heterocycles. The molecular weight excluding hydrogens is 305 g/mol. The van der Waals surface area contributed by atoms with Crippen LogP contribution in [0.4, 0.5) is 10.1 Å². The first kappa shape index (κ1) is 14.7. The van der Waals surface area contributed by atoms with E-state index in [2.05, 4.69) is 0 Å². The Hall–Kier alpha value is -2.20. The Kier molecular flexibility index (Phi) is 3.94. The van der Waals surface area contributed by atoms with E-state index in [-0.39, 0.29) is 36.3 Å². The normalized spacial score (nSPS) is 16.2. The van der Waals surface area contributed by atoms with Gasteiger partial charge in [0, 0.05) is 23.8 Å². The lowest BCUT2D eigenvalue weighted by Crippen LogP contribution is -2.42. The zero-order valence-electron chi connectivity index (χ0n) is 11.6. The zero-order chi connectivity index (χ0) is 15.7. The second kappa shape index (κ2) is 5.89. The Labute approximate surface area is 132 Å². The van der Waals surface area contributed by atoms with E-state index >= 15 is 0 Å². The molecule has 0 N–H and O–H groups in total. The number of carbonyl (C=O) groups excluding carboxylic acids is 2. The average molecular weight is 318 g/mol. The van der Waals surface area contributed by atoms with Crippen molar-refractivity contribution in [3.63, 3.8) is 0 Å². The van der Waals surface area contributed by atoms with E-state index in [1.54, 1.807) is 18.2 Å². The highest BCUT2D eigenvalue weighted by molar-refractivity contribution is 6.30. The number of hydrogen-bond donors (Lipinski definition) is 0. The third kappa shape index (κ3) is 2.88. The average Bonchev–Trinajstić information content (AvgIpc) is 2.47. The fraction of sp³-hybridized carbons (Fsp3) is 0.176. The van der Waals surface area contributed by atoms with Gasteiger partial charge >= 0.3 is 0 Å². The van der Waals surface area contributed by atoms with Gasteiger partial charge in [-0.3, -0.25) is 14.5 Å². The molecule has 3 rings (SSSR count). The van der Waals surface area contributed by atoms with Crippen molar-refractivity contribution in [2.75, 3.05) is 4.90 Å². The standard InChI is InChI=1S/C17H13ClFNO2/c18-13-6-4-11(5-7-13)12-8-16(21)20(17(22)9-12)15-3-1-2-14(19)10-15/h1-7,10,12H,8-9H2. The Bertz CT molecular complexity index is 712. The van der Waals surface area contributed by atoms with Crippen LogP contribution in [0.2, 0.25) is 5.02 Å². The Morgan fingerprint density at radius 2 is 1.64 bits per heavy atom. The maximum absolute atomic E-state index is 13.3. The van der Waals surface area contributed by atoms with Crippen molar-refractivity contribution in [2.45, 2.75) is 18.8 Å². The van der Waals surface area contributed by atoms with Crippen molar-refractivity contribution in [2.24, 2.45) is 0 Å². The first-order valence-electron chi connectivity index (χ1n) is 6.91. The number of hydrogen-bond acceptors (Lipinski definition) is 2. The molecule has 3 nitrogen and oxygen atoms in total. The van der Waals surface area contributed by atoms with Crippen LogP contribution in [0.1, 0.15) is 24.3 Å². The number of rotatable bonds is 2. The van der Waals surface area contributed by atoms with E-state index in [4.69, 9.17) is 11.6 Å². The van der Waals surface area contributed by atoms with Gasteiger partial charge in [0.25, 0.3) is 0 Å². The van der Waals surface area contributed by atoms with Gasteiger partial charge in [-0.25, -0.2) is 4.39 Å². The van der Waals surface area contributed by atoms with Crippen molar-refractivity contribution in [3.05, 3.63) is 64.9 Å². The van der Waals surface area contributed by atoms with Gasteiger partial charge in [-0.15, -0.1) is 0 Å². The second-order valence-corrected chi connectivity index (χ2v) is 5.70. The molecule has 0 unspecified atom stereocenters. The van der Waals surface area contributed by atoms with Crippen molar-refractivity contribution in [1.82, 2.24) is 0 Å². The summed E-state index contributed by atoms with van der Waals surface area (Å²) in [6, 6.07) is 12.6. The maximum Gasteiger partial charge on any atom is 0.234 e. The van der Waals surface area contributed by atoms with Crippen LogP contribution in [0.3, 0.4) is 0 Å². The van der Waals surface area contributed by atoms with Gasteiger partial charge in [0.05, 0.1) is 5.69 Å². The van der Waals surface area contributed by atoms with Gasteiger partial charge in [-0.2, -0.15) is 0 Å². The van der Waals surface area contributed by atoms with Crippen molar-refractivity contribution in [3.8, 4) is 0 Å². The zero-order valence-corrected chi connectivity index (χ0v) is 12.4. The van der Waals surface area contributed by atoms with E-state index in [1.807, 2.05) is 12.1 Å². The molecule has 0 saturated carbocycles. The van der Waals surface area contributed by atoms with Crippen LogP contribution in [0.25, 0.3) is 0 Å². The third-order valence-electron chi connectivity index (χ3n) is 3.75. The summed E-state index contributed by atoms with van der Waals surface area (Å²) in [6.45, 7) is 0. The smallest absolute Gasteiger partial charge is 0.234 e. The highest BCUT2D eigenvalue weighted by Crippen LogP contribution is 2.32. The largest absolute Gasteiger partial charge is 0.274 e. The monoisotopic (exact) mass is 317 g/mol. The summed E-state index contributed by atoms with van der Waals surface area (Å²) < 4.78 is 13.3. The predicted molar refractivity (Wildman–Crippen MR) is 82.3 cm³/mol. The van der Waals surface area contributed by atoms with E-state index in [0.29, 0.717) is 5.02 Å². The number of anilines is 1. The molecule has 2 aromatic carbocycles. The van der Waals surface area contributed by atoms with Gasteiger partial charge < -0.3 is 0 Å². The minimum absolute atomic E-state index is 0.165. The number of benzene rings is 2. The van der Waals surface area contributed by atoms with Crippen molar-refractivity contribution in [1.29, 1.82) is 0 Å². The number of nitrogens with zero attached hydrogens (tertiary/aromatic N) is 1. The van der Waals surface area contributed by atoms with E-state index in [1.165, 1.54) is 18.2 Å². The molecule has 5 heteroatoms. The summed E-state index contributed by atoms with van der Waals surface area (Å²) in [5.74, 6) is -1.27. The summed E-state index contributed by atoms with van der Waals surface area (Å²) in [7, 11) is 0. The van der Waals surface area contributed by atoms with Gasteiger partial charge in [0.1, 0.15) is 5.82 Å². The van der Waals surface area contributed by atoms with Crippen LogP contribution >= 0.6 is 11.6 Å². The van der Waals surface area contributed by atoms with Crippen molar-refractivity contribution < 1.29 is 14.0 Å². The highest BCUT2D eigenvalue weighted by Gasteiger charge is 2.34. The molecule has 22 heavy (non-hydrogen) atoms. The van der Waals surface area contributed by atoms with Gasteiger partial charge in [-0.1, -0.05) is 29.8 Å². The molecule has 0 aromatic heterocycles. The van der Waals surface area contributed by atoms with E-state index < -0.39 is 5.82 Å². The summed E-state index contributed by atoms with van der Waals surface area (Å²) in [5, 5.41) is 0.610. The SMILES string of the molecule is O=C1CC(c2ccc(Cl)cc2)CC(=O)N1c1cccc(F)c1. The number of imide groups is 1. The van der Waals surface area contributed by atoms with E-state index in [0.717, 1.165) is 10.5 Å². The molecule has 0 aliphatic carbocycles. The molecule has 2 amide bonds. The lowest BCUT2D eigenvalue weighted by molar-refractivity contribution is -0.129. The fourth-order valence-corrected chi connectivity index (χ4v) is 2.82. The number of amides is 2. The lowest BCUT2D eigenvalue weighted by Gasteiger charge is -2.30. The molecule has 2 aromatic rings. The number of carbonyl (C=O) groups is 2. The molecule has 1 fully saturated rings. The van der Waals surface area contributed by atoms with Crippen LogP contribution in [0.5, 0.6) is 0 Å². The second-order valence-electron chi connectivity index (χ2n) is 5.26. The van der Waals surface area contributed by atoms with E-state index in [9.17, 15) is 14.0 Å². The third-order valence-corrected chi connectivity index (χ3v) is 4.00. The highest BCUT2D eigenvalue weighted by atomic mass is 35.5. The van der Waals surface area contributed by atoms with Gasteiger partial charge in [0.15, 0.2) is 0 Å². The van der Waals surface area contributed by atoms with Crippen LogP contribution in [-0.4, -0.2) is 11.8 Å². The Morgan fingerprint density at radius 1 is 1.00 bits per heavy atom. The molecule has 0 radical (unpaired) electrons. The molecule has 1 heterocycles. The first-order valence-corrected chi connectivity index (χ1v) is 7.29. The minimum Gasteiger partial charge on any atom is -0.274 e. The summed E-state index contributed by atoms with van der Waals surface area (Å²) >= 11 is 5.85. The molecule has 0 bridgehead atoms. The van der Waals surface area contributed by atoms with Crippen LogP contribution < -0.4 is 4.90 Å². The molecule has 0 atom stereocenters. The maximum atomic E-state index is 13.3. The number of piperidine rings is 1. The quantitative estimate of drug-likeness (QED) is 0.787. The van der Waals surface area contributed by atoms with Crippen LogP contribution in [-0.2, 0) is 9.59 Å². The van der Waals surface area contributed by atoms with Gasteiger partial charge in [0.2, 0.25) is 11.8 Å². The van der Waals surface area contributed by atoms with Gasteiger partial charge in [-0.05, 0) is 35.9 Å². The minimum atomic E-state index is -0.474. The van der Waals surface area contributed by atoms with Crippen molar-refractivity contribution >= 4 is 29.1 Å². The fourth-order valence-electron chi connectivity index (χ4n) is 2.69. The molecule has 0 spiro atoms. The first-order chi connectivity index (χ1) is 10.5. The Balaban J connectivity index is 1.84. The van der Waals surface area contributed by atoms with Crippen LogP contribution in [0, 0.1) is 5.82 Å². The lowest BCUT2D eigenvalue weighted by atomic mass is 9.88. The molecule has 112 valence electrons. The summed E-state index contributed by atoms with van der Waals surface area (Å²) in [6.07, 6.45) is 0.424. The molecule has 1 aliphatic heterocycles. The number of halogens is 2. The molecular formula is C17H13ClFNO2. The summed E-state index contributed by atoms with van der Waals surface area (Å²) in [4.78, 5) is 25.7. The van der Waals surface area contributed by atoms with Crippen LogP contribution in [0.15, 0.2) is 48.5 Å². The molecule has 1 aliphatic rings. The predicted octanol–water partition coefficient (Wildman–Crippen LogP) is 3.92. The summed E-state index contributed by atoms with van der Waals surface area (Å²) in [5.41, 5.74) is 1.19.